The van der Waals surface area contributed by atoms with Crippen LogP contribution in [0, 0.1) is 5.92 Å². The monoisotopic (exact) mass is 177 g/mol. The lowest BCUT2D eigenvalue weighted by molar-refractivity contribution is -0.139. The number of aliphatic carboxylic acids is 1. The van der Waals surface area contributed by atoms with Crippen LogP contribution in [0.5, 0.6) is 0 Å². The molecular formula is C8H19NO3. The lowest BCUT2D eigenvalue weighted by atomic mass is 10.0. The summed E-state index contributed by atoms with van der Waals surface area (Å²) in [5, 5.41) is 15.9. The highest BCUT2D eigenvalue weighted by Crippen LogP contribution is 2.04. The first-order valence-electron chi connectivity index (χ1n) is 4.10. The number of hydrogen-bond donors (Lipinski definition) is 3. The van der Waals surface area contributed by atoms with E-state index in [2.05, 4.69) is 0 Å². The number of carboxylic acid groups (broad SMARTS) is 1. The van der Waals surface area contributed by atoms with Crippen LogP contribution in [0.25, 0.3) is 0 Å². The lowest BCUT2D eigenvalue weighted by Gasteiger charge is -2.11. The van der Waals surface area contributed by atoms with E-state index in [-0.39, 0.29) is 12.5 Å². The number of aliphatic hydroxyl groups is 1. The molecule has 12 heavy (non-hydrogen) atoms. The molecule has 0 saturated heterocycles. The molecule has 0 aliphatic carbocycles. The molecule has 0 aromatic heterocycles. The van der Waals surface area contributed by atoms with Crippen LogP contribution in [0.2, 0.25) is 0 Å². The highest BCUT2D eigenvalue weighted by Gasteiger charge is 2.17. The second-order valence-electron chi connectivity index (χ2n) is 2.57. The molecule has 0 rings (SSSR count). The van der Waals surface area contributed by atoms with Gasteiger partial charge >= 0.3 is 5.97 Å². The minimum Gasteiger partial charge on any atom is -0.480 e. The van der Waals surface area contributed by atoms with Gasteiger partial charge in [0.25, 0.3) is 0 Å². The van der Waals surface area contributed by atoms with E-state index in [4.69, 9.17) is 15.9 Å². The molecule has 4 nitrogen and oxygen atoms in total. The summed E-state index contributed by atoms with van der Waals surface area (Å²) in [5.74, 6) is -0.841. The predicted molar refractivity (Wildman–Crippen MR) is 47.8 cm³/mol. The van der Waals surface area contributed by atoms with Gasteiger partial charge in [0.05, 0.1) is 0 Å². The molecule has 0 bridgehead atoms. The first kappa shape index (κ1) is 13.9. The molecule has 0 aromatic carbocycles. The third kappa shape index (κ3) is 7.50. The fourth-order valence-electron chi connectivity index (χ4n) is 0.497. The van der Waals surface area contributed by atoms with Gasteiger partial charge in [-0.2, -0.15) is 0 Å². The van der Waals surface area contributed by atoms with Gasteiger partial charge in [-0.3, -0.25) is 4.79 Å². The maximum atomic E-state index is 10.2. The molecule has 4 N–H and O–H groups in total. The SMILES string of the molecule is CCC(C)C(N)C(=O)O.CCO. The van der Waals surface area contributed by atoms with Gasteiger partial charge in [0.1, 0.15) is 6.04 Å². The predicted octanol–water partition coefficient (Wildman–Crippen LogP) is 0.443. The fraction of sp³-hybridized carbons (Fsp3) is 0.875. The third-order valence-corrected chi connectivity index (χ3v) is 1.54. The average Bonchev–Trinajstić information content (AvgIpc) is 2.03. The normalized spacial score (nSPS) is 14.1. The van der Waals surface area contributed by atoms with Crippen molar-refractivity contribution in [3.05, 3.63) is 0 Å². The Morgan fingerprint density at radius 2 is 1.83 bits per heavy atom. The Hall–Kier alpha value is -0.610. The summed E-state index contributed by atoms with van der Waals surface area (Å²) in [6, 6.07) is -0.699. The summed E-state index contributed by atoms with van der Waals surface area (Å²) in [4.78, 5) is 10.2. The summed E-state index contributed by atoms with van der Waals surface area (Å²) in [5.41, 5.74) is 5.27. The first-order chi connectivity index (χ1) is 5.51. The first-order valence-corrected chi connectivity index (χ1v) is 4.10. The molecule has 0 radical (unpaired) electrons. The van der Waals surface area contributed by atoms with Crippen molar-refractivity contribution < 1.29 is 15.0 Å². The van der Waals surface area contributed by atoms with Gasteiger partial charge in [0.15, 0.2) is 0 Å². The van der Waals surface area contributed by atoms with Crippen molar-refractivity contribution in [3.8, 4) is 0 Å². The Balaban J connectivity index is 0. The Bertz CT molecular complexity index is 117. The van der Waals surface area contributed by atoms with Gasteiger partial charge in [-0.05, 0) is 12.8 Å². The Morgan fingerprint density at radius 3 is 1.92 bits per heavy atom. The van der Waals surface area contributed by atoms with Crippen LogP contribution in [0.3, 0.4) is 0 Å². The van der Waals surface area contributed by atoms with Crippen molar-refractivity contribution in [2.45, 2.75) is 33.2 Å². The second-order valence-corrected chi connectivity index (χ2v) is 2.57. The molecule has 0 aromatic rings. The van der Waals surface area contributed by atoms with E-state index in [1.165, 1.54) is 0 Å². The number of carbonyl (C=O) groups is 1. The topological polar surface area (TPSA) is 83.6 Å². The Morgan fingerprint density at radius 1 is 1.50 bits per heavy atom. The van der Waals surface area contributed by atoms with E-state index in [9.17, 15) is 4.79 Å². The molecule has 4 heteroatoms. The van der Waals surface area contributed by atoms with Gasteiger partial charge in [0, 0.05) is 6.61 Å². The van der Waals surface area contributed by atoms with E-state index in [1.54, 1.807) is 6.92 Å². The highest BCUT2D eigenvalue weighted by molar-refractivity contribution is 5.73. The van der Waals surface area contributed by atoms with Crippen LogP contribution in [0.15, 0.2) is 0 Å². The van der Waals surface area contributed by atoms with Crippen molar-refractivity contribution >= 4 is 5.97 Å². The van der Waals surface area contributed by atoms with E-state index in [0.29, 0.717) is 0 Å². The van der Waals surface area contributed by atoms with Gasteiger partial charge in [-0.25, -0.2) is 0 Å². The van der Waals surface area contributed by atoms with E-state index in [1.807, 2.05) is 13.8 Å². The maximum absolute atomic E-state index is 10.2. The van der Waals surface area contributed by atoms with Crippen molar-refractivity contribution in [2.75, 3.05) is 6.61 Å². The molecule has 2 unspecified atom stereocenters. The van der Waals surface area contributed by atoms with Crippen LogP contribution >= 0.6 is 0 Å². The number of hydrogen-bond acceptors (Lipinski definition) is 3. The van der Waals surface area contributed by atoms with Crippen molar-refractivity contribution in [1.29, 1.82) is 0 Å². The minimum absolute atomic E-state index is 0.0718. The maximum Gasteiger partial charge on any atom is 0.320 e. The fourth-order valence-corrected chi connectivity index (χ4v) is 0.497. The van der Waals surface area contributed by atoms with E-state index >= 15 is 0 Å². The molecule has 0 aliphatic heterocycles. The standard InChI is InChI=1S/C6H13NO2.C2H6O/c1-3-4(2)5(7)6(8)9;1-2-3/h4-5H,3,7H2,1-2H3,(H,8,9);3H,2H2,1H3. The zero-order valence-electron chi connectivity index (χ0n) is 7.95. The third-order valence-electron chi connectivity index (χ3n) is 1.54. The van der Waals surface area contributed by atoms with Crippen molar-refractivity contribution in [1.82, 2.24) is 0 Å². The quantitative estimate of drug-likeness (QED) is 0.584. The van der Waals surface area contributed by atoms with Gasteiger partial charge in [-0.1, -0.05) is 20.3 Å². The van der Waals surface area contributed by atoms with Crippen LogP contribution in [-0.2, 0) is 4.79 Å². The van der Waals surface area contributed by atoms with Crippen LogP contribution in [-0.4, -0.2) is 28.8 Å². The summed E-state index contributed by atoms with van der Waals surface area (Å²) in [6.45, 7) is 5.69. The molecule has 74 valence electrons. The second kappa shape index (κ2) is 8.49. The molecule has 0 amide bonds. The van der Waals surface area contributed by atoms with Gasteiger partial charge in [0.2, 0.25) is 0 Å². The lowest BCUT2D eigenvalue weighted by Crippen LogP contribution is -2.36. The molecule has 0 aliphatic rings. The molecule has 0 saturated carbocycles. The Kier molecular flexibility index (Phi) is 9.86. The number of carboxylic acids is 1. The van der Waals surface area contributed by atoms with E-state index < -0.39 is 12.0 Å². The average molecular weight is 177 g/mol. The minimum atomic E-state index is -0.913. The summed E-state index contributed by atoms with van der Waals surface area (Å²) in [6.07, 6.45) is 0.813. The Labute approximate surface area is 73.4 Å². The molecule has 2 atom stereocenters. The molecule has 0 fully saturated rings. The number of nitrogens with two attached hydrogens (primary N) is 1. The zero-order valence-corrected chi connectivity index (χ0v) is 7.95. The summed E-state index contributed by atoms with van der Waals surface area (Å²) < 4.78 is 0. The molecule has 0 heterocycles. The summed E-state index contributed by atoms with van der Waals surface area (Å²) in [7, 11) is 0. The largest absolute Gasteiger partial charge is 0.480 e. The number of aliphatic hydroxyl groups excluding tert-OH is 1. The van der Waals surface area contributed by atoms with E-state index in [0.717, 1.165) is 6.42 Å². The smallest absolute Gasteiger partial charge is 0.320 e. The summed E-state index contributed by atoms with van der Waals surface area (Å²) >= 11 is 0. The van der Waals surface area contributed by atoms with Crippen LogP contribution in [0.4, 0.5) is 0 Å². The van der Waals surface area contributed by atoms with Gasteiger partial charge in [-0.15, -0.1) is 0 Å². The van der Waals surface area contributed by atoms with Crippen molar-refractivity contribution in [3.63, 3.8) is 0 Å². The molecule has 0 spiro atoms. The van der Waals surface area contributed by atoms with Crippen LogP contribution < -0.4 is 5.73 Å². The van der Waals surface area contributed by atoms with Crippen LogP contribution in [0.1, 0.15) is 27.2 Å². The van der Waals surface area contributed by atoms with Gasteiger partial charge < -0.3 is 15.9 Å². The van der Waals surface area contributed by atoms with Crippen molar-refractivity contribution in [2.24, 2.45) is 11.7 Å². The highest BCUT2D eigenvalue weighted by atomic mass is 16.4. The molecular weight excluding hydrogens is 158 g/mol. The number of rotatable bonds is 3. The zero-order chi connectivity index (χ0) is 10.1.